The standard InChI is InChI=1S/C23H31F2N7O4/c1-3-4-5-18(13(2)28-23(34)35)30-21-16(24)11-15(19(26)33)20(31-21)29-14-10-17(25)22(27-12-14)32-6-8-36-9-7-32/h10-13,18,28H,3-9H2,1-2H3,(H2,26,33)(H,34,35)(H2,29,30,31)/t13-,18-/m0/s1. The molecule has 1 aliphatic heterocycles. The van der Waals surface area contributed by atoms with Crippen LogP contribution in [0.2, 0.25) is 0 Å². The molecule has 36 heavy (non-hydrogen) atoms. The molecule has 11 nitrogen and oxygen atoms in total. The number of amides is 2. The number of nitrogens with one attached hydrogen (secondary N) is 3. The van der Waals surface area contributed by atoms with E-state index >= 15 is 0 Å². The number of primary amides is 1. The average Bonchev–Trinajstić information content (AvgIpc) is 2.83. The topological polar surface area (TPSA) is 155 Å². The second-order valence-electron chi connectivity index (χ2n) is 8.46. The van der Waals surface area contributed by atoms with Gasteiger partial charge >= 0.3 is 6.09 Å². The summed E-state index contributed by atoms with van der Waals surface area (Å²) in [4.78, 5) is 33.2. The molecule has 0 radical (unpaired) electrons. The first-order valence-corrected chi connectivity index (χ1v) is 11.7. The maximum atomic E-state index is 14.9. The molecule has 3 heterocycles. The van der Waals surface area contributed by atoms with Crippen LogP contribution in [0.5, 0.6) is 0 Å². The molecule has 1 saturated heterocycles. The maximum absolute atomic E-state index is 14.9. The number of hydrogen-bond donors (Lipinski definition) is 5. The first-order chi connectivity index (χ1) is 17.2. The van der Waals surface area contributed by atoms with Crippen molar-refractivity contribution in [2.45, 2.75) is 45.2 Å². The number of hydrogen-bond acceptors (Lipinski definition) is 8. The molecule has 2 atom stereocenters. The van der Waals surface area contributed by atoms with Crippen LogP contribution in [0.1, 0.15) is 43.5 Å². The quantitative estimate of drug-likeness (QED) is 0.309. The smallest absolute Gasteiger partial charge is 0.404 e. The lowest BCUT2D eigenvalue weighted by Gasteiger charge is -2.28. The molecule has 13 heteroatoms. The first-order valence-electron chi connectivity index (χ1n) is 11.7. The van der Waals surface area contributed by atoms with Crippen LogP contribution in [0.25, 0.3) is 0 Å². The molecule has 1 fully saturated rings. The summed E-state index contributed by atoms with van der Waals surface area (Å²) in [5.74, 6) is -2.49. The van der Waals surface area contributed by atoms with Gasteiger partial charge in [-0.25, -0.2) is 23.5 Å². The van der Waals surface area contributed by atoms with Crippen LogP contribution in [0.3, 0.4) is 0 Å². The summed E-state index contributed by atoms with van der Waals surface area (Å²) in [5, 5.41) is 17.2. The summed E-state index contributed by atoms with van der Waals surface area (Å²) >= 11 is 0. The van der Waals surface area contributed by atoms with Crippen molar-refractivity contribution in [3.05, 3.63) is 35.5 Å². The summed E-state index contributed by atoms with van der Waals surface area (Å²) in [6.45, 7) is 5.58. The van der Waals surface area contributed by atoms with Crippen LogP contribution in [-0.4, -0.2) is 65.5 Å². The van der Waals surface area contributed by atoms with E-state index in [9.17, 15) is 18.4 Å². The van der Waals surface area contributed by atoms with Crippen molar-refractivity contribution < 1.29 is 28.2 Å². The number of carbonyl (C=O) groups is 2. The Hall–Kier alpha value is -3.74. The molecule has 0 spiro atoms. The number of carbonyl (C=O) groups excluding carboxylic acids is 1. The number of ether oxygens (including phenoxy) is 1. The zero-order valence-corrected chi connectivity index (χ0v) is 20.2. The Balaban J connectivity index is 1.88. The van der Waals surface area contributed by atoms with E-state index in [0.717, 1.165) is 18.9 Å². The third kappa shape index (κ3) is 6.90. The highest BCUT2D eigenvalue weighted by atomic mass is 19.1. The molecule has 2 amide bonds. The van der Waals surface area contributed by atoms with Gasteiger partial charge < -0.3 is 36.4 Å². The van der Waals surface area contributed by atoms with Crippen LogP contribution in [-0.2, 0) is 4.74 Å². The fourth-order valence-corrected chi connectivity index (χ4v) is 3.86. The van der Waals surface area contributed by atoms with E-state index in [1.807, 2.05) is 6.92 Å². The minimum Gasteiger partial charge on any atom is -0.465 e. The number of aromatic nitrogens is 2. The van der Waals surface area contributed by atoms with Gasteiger partial charge in [-0.3, -0.25) is 4.79 Å². The molecule has 0 aromatic carbocycles. The van der Waals surface area contributed by atoms with Gasteiger partial charge in [0.05, 0.1) is 30.7 Å². The highest BCUT2D eigenvalue weighted by Gasteiger charge is 2.23. The Morgan fingerprint density at radius 1 is 1.22 bits per heavy atom. The zero-order valence-electron chi connectivity index (χ0n) is 20.2. The molecule has 196 valence electrons. The minimum absolute atomic E-state index is 0.0974. The number of nitrogens with zero attached hydrogens (tertiary/aromatic N) is 3. The number of nitrogens with two attached hydrogens (primary N) is 1. The van der Waals surface area contributed by atoms with Crippen molar-refractivity contribution in [1.29, 1.82) is 0 Å². The third-order valence-electron chi connectivity index (χ3n) is 5.78. The number of anilines is 4. The fourth-order valence-electron chi connectivity index (χ4n) is 3.86. The van der Waals surface area contributed by atoms with Crippen molar-refractivity contribution in [2.75, 3.05) is 41.8 Å². The fraction of sp³-hybridized carbons (Fsp3) is 0.478. The van der Waals surface area contributed by atoms with E-state index in [1.165, 1.54) is 12.3 Å². The Kier molecular flexibility index (Phi) is 9.17. The Labute approximate surface area is 207 Å². The van der Waals surface area contributed by atoms with E-state index in [2.05, 4.69) is 25.9 Å². The average molecular weight is 508 g/mol. The van der Waals surface area contributed by atoms with Crippen LogP contribution >= 0.6 is 0 Å². The number of morpholine rings is 1. The van der Waals surface area contributed by atoms with Gasteiger partial charge in [-0.05, 0) is 19.4 Å². The molecule has 0 bridgehead atoms. The van der Waals surface area contributed by atoms with Gasteiger partial charge in [0, 0.05) is 31.2 Å². The lowest BCUT2D eigenvalue weighted by atomic mass is 10.0. The molecular formula is C23H31F2N7O4. The molecular weight excluding hydrogens is 476 g/mol. The highest BCUT2D eigenvalue weighted by molar-refractivity contribution is 5.98. The summed E-state index contributed by atoms with van der Waals surface area (Å²) < 4.78 is 35.0. The van der Waals surface area contributed by atoms with Gasteiger partial charge in [0.15, 0.2) is 23.3 Å². The van der Waals surface area contributed by atoms with Crippen LogP contribution < -0.4 is 26.6 Å². The van der Waals surface area contributed by atoms with E-state index in [0.29, 0.717) is 32.7 Å². The molecule has 2 aromatic rings. The molecule has 1 aliphatic rings. The van der Waals surface area contributed by atoms with Gasteiger partial charge in [0.25, 0.3) is 5.91 Å². The van der Waals surface area contributed by atoms with Crippen LogP contribution in [0.4, 0.5) is 36.7 Å². The highest BCUT2D eigenvalue weighted by Crippen LogP contribution is 2.27. The number of unbranched alkanes of at least 4 members (excludes halogenated alkanes) is 1. The third-order valence-corrected chi connectivity index (χ3v) is 5.78. The summed E-state index contributed by atoms with van der Waals surface area (Å²) in [6, 6.07) is 1.08. The largest absolute Gasteiger partial charge is 0.465 e. The number of halogens is 2. The van der Waals surface area contributed by atoms with Gasteiger partial charge in [-0.2, -0.15) is 0 Å². The van der Waals surface area contributed by atoms with E-state index in [4.69, 9.17) is 15.6 Å². The van der Waals surface area contributed by atoms with Gasteiger partial charge in [-0.1, -0.05) is 19.8 Å². The normalized spacial score (nSPS) is 15.2. The molecule has 0 aliphatic carbocycles. The summed E-state index contributed by atoms with van der Waals surface area (Å²) in [5.41, 5.74) is 5.36. The van der Waals surface area contributed by atoms with Gasteiger partial charge in [-0.15, -0.1) is 0 Å². The van der Waals surface area contributed by atoms with Crippen LogP contribution in [0, 0.1) is 11.6 Å². The minimum atomic E-state index is -1.21. The van der Waals surface area contributed by atoms with Crippen molar-refractivity contribution in [1.82, 2.24) is 15.3 Å². The van der Waals surface area contributed by atoms with Gasteiger partial charge in [0.2, 0.25) is 0 Å². The SMILES string of the molecule is CCCC[C@H](Nc1nc(Nc2cnc(N3CCOCC3)c(F)c2)c(C(N)=O)cc1F)[C@H](C)NC(=O)O. The lowest BCUT2D eigenvalue weighted by molar-refractivity contribution is 0.1000. The predicted octanol–water partition coefficient (Wildman–Crippen LogP) is 3.06. The Morgan fingerprint density at radius 2 is 1.94 bits per heavy atom. The van der Waals surface area contributed by atoms with E-state index < -0.39 is 35.7 Å². The van der Waals surface area contributed by atoms with Crippen molar-refractivity contribution in [3.63, 3.8) is 0 Å². The number of carboxylic acid groups (broad SMARTS) is 1. The summed E-state index contributed by atoms with van der Waals surface area (Å²) in [6.07, 6.45) is 2.31. The second kappa shape index (κ2) is 12.3. The van der Waals surface area contributed by atoms with E-state index in [-0.39, 0.29) is 28.7 Å². The zero-order chi connectivity index (χ0) is 26.2. The second-order valence-corrected chi connectivity index (χ2v) is 8.46. The molecule has 6 N–H and O–H groups in total. The monoisotopic (exact) mass is 507 g/mol. The van der Waals surface area contributed by atoms with E-state index in [1.54, 1.807) is 11.8 Å². The Morgan fingerprint density at radius 3 is 2.56 bits per heavy atom. The van der Waals surface area contributed by atoms with Crippen LogP contribution in [0.15, 0.2) is 18.3 Å². The van der Waals surface area contributed by atoms with Crippen molar-refractivity contribution in [3.8, 4) is 0 Å². The summed E-state index contributed by atoms with van der Waals surface area (Å²) in [7, 11) is 0. The van der Waals surface area contributed by atoms with Gasteiger partial charge in [0.1, 0.15) is 5.82 Å². The number of rotatable bonds is 11. The van der Waals surface area contributed by atoms with Crippen molar-refractivity contribution >= 4 is 35.1 Å². The predicted molar refractivity (Wildman–Crippen MR) is 131 cm³/mol. The Bertz CT molecular complexity index is 1080. The lowest BCUT2D eigenvalue weighted by Crippen LogP contribution is -2.44. The molecule has 0 unspecified atom stereocenters. The molecule has 0 saturated carbocycles. The van der Waals surface area contributed by atoms with Crippen molar-refractivity contribution in [2.24, 2.45) is 5.73 Å². The maximum Gasteiger partial charge on any atom is 0.404 e. The first kappa shape index (κ1) is 26.9. The molecule has 3 rings (SSSR count). The number of pyridine rings is 2. The molecule has 2 aromatic heterocycles.